The molecule has 0 aliphatic heterocycles. The van der Waals surface area contributed by atoms with Gasteiger partial charge in [-0.05, 0) is 60.2 Å². The summed E-state index contributed by atoms with van der Waals surface area (Å²) in [6.45, 7) is 2.02. The summed E-state index contributed by atoms with van der Waals surface area (Å²) in [5.41, 5.74) is 3.14. The number of ether oxygens (including phenoxy) is 1. The quantitative estimate of drug-likeness (QED) is 0.686. The summed E-state index contributed by atoms with van der Waals surface area (Å²) < 4.78 is 7.15. The van der Waals surface area contributed by atoms with E-state index < -0.39 is 5.97 Å². The number of aromatic nitrogens is 2. The van der Waals surface area contributed by atoms with Gasteiger partial charge in [-0.25, -0.2) is 4.79 Å². The molecule has 1 aromatic heterocycles. The molecule has 0 atom stereocenters. The SMILES string of the molecule is COc1ccc(C)cc1Nc1n[n+](C)c(-c2ccc(C(=O)O)cc2)s1. The van der Waals surface area contributed by atoms with Crippen LogP contribution in [-0.2, 0) is 7.05 Å². The highest BCUT2D eigenvalue weighted by molar-refractivity contribution is 7.18. The van der Waals surface area contributed by atoms with Crippen LogP contribution in [0, 0.1) is 6.92 Å². The molecule has 0 unspecified atom stereocenters. The molecule has 1 heterocycles. The lowest BCUT2D eigenvalue weighted by molar-refractivity contribution is -0.714. The van der Waals surface area contributed by atoms with Crippen LogP contribution in [0.25, 0.3) is 10.6 Å². The van der Waals surface area contributed by atoms with Gasteiger partial charge in [0.05, 0.1) is 23.9 Å². The van der Waals surface area contributed by atoms with E-state index in [-0.39, 0.29) is 5.56 Å². The van der Waals surface area contributed by atoms with Crippen LogP contribution in [0.15, 0.2) is 42.5 Å². The van der Waals surface area contributed by atoms with Crippen molar-refractivity contribution in [1.82, 2.24) is 5.10 Å². The van der Waals surface area contributed by atoms with Gasteiger partial charge in [-0.2, -0.15) is 0 Å². The predicted molar refractivity (Wildman–Crippen MR) is 96.7 cm³/mol. The molecule has 0 spiro atoms. The van der Waals surface area contributed by atoms with Gasteiger partial charge in [0.15, 0.2) is 7.05 Å². The number of methoxy groups -OCH3 is 1. The molecule has 7 heteroatoms. The van der Waals surface area contributed by atoms with Gasteiger partial charge < -0.3 is 15.2 Å². The Morgan fingerprint density at radius 3 is 2.60 bits per heavy atom. The molecule has 25 heavy (non-hydrogen) atoms. The normalized spacial score (nSPS) is 10.5. The van der Waals surface area contributed by atoms with Crippen molar-refractivity contribution in [3.8, 4) is 16.3 Å². The molecule has 128 valence electrons. The zero-order valence-corrected chi connectivity index (χ0v) is 14.9. The van der Waals surface area contributed by atoms with E-state index in [1.54, 1.807) is 36.1 Å². The first-order valence-electron chi connectivity index (χ1n) is 7.60. The summed E-state index contributed by atoms with van der Waals surface area (Å²) in [6, 6.07) is 12.7. The number of hydrogen-bond acceptors (Lipinski definition) is 5. The third-order valence-corrected chi connectivity index (χ3v) is 4.77. The number of nitrogens with one attached hydrogen (secondary N) is 1. The number of aryl methyl sites for hydroxylation is 2. The zero-order chi connectivity index (χ0) is 18.0. The van der Waals surface area contributed by atoms with E-state index in [9.17, 15) is 4.79 Å². The van der Waals surface area contributed by atoms with Crippen molar-refractivity contribution in [2.24, 2.45) is 7.05 Å². The Hall–Kier alpha value is -2.93. The van der Waals surface area contributed by atoms with Crippen LogP contribution in [0.2, 0.25) is 0 Å². The van der Waals surface area contributed by atoms with E-state index in [1.165, 1.54) is 11.3 Å². The Morgan fingerprint density at radius 1 is 1.24 bits per heavy atom. The van der Waals surface area contributed by atoms with Gasteiger partial charge in [0.25, 0.3) is 10.1 Å². The molecule has 2 N–H and O–H groups in total. The standard InChI is InChI=1S/C18H17N3O3S/c1-11-4-9-15(24-3)14(10-11)19-18-20-21(2)16(25-18)12-5-7-13(8-6-12)17(22)23/h4-10H,1-3H3,(H-,19,20,22,23)/p+1. The maximum Gasteiger partial charge on any atom is 0.335 e. The zero-order valence-electron chi connectivity index (χ0n) is 14.1. The van der Waals surface area contributed by atoms with Gasteiger partial charge in [-0.3, -0.25) is 0 Å². The summed E-state index contributed by atoms with van der Waals surface area (Å²) in [5.74, 6) is -0.190. The first kappa shape index (κ1) is 16.9. The lowest BCUT2D eigenvalue weighted by atomic mass is 10.1. The topological polar surface area (TPSA) is 75.3 Å². The van der Waals surface area contributed by atoms with Crippen LogP contribution in [0.3, 0.4) is 0 Å². The van der Waals surface area contributed by atoms with Crippen molar-refractivity contribution in [2.45, 2.75) is 6.92 Å². The smallest absolute Gasteiger partial charge is 0.335 e. The molecule has 3 rings (SSSR count). The molecule has 0 aliphatic rings. The Morgan fingerprint density at radius 2 is 1.96 bits per heavy atom. The predicted octanol–water partition coefficient (Wildman–Crippen LogP) is 3.39. The third kappa shape index (κ3) is 3.61. The number of carboxylic acids is 1. The van der Waals surface area contributed by atoms with Crippen molar-refractivity contribution in [3.05, 3.63) is 53.6 Å². The number of nitrogens with zero attached hydrogens (tertiary/aromatic N) is 2. The molecule has 0 bridgehead atoms. The van der Waals surface area contributed by atoms with E-state index in [2.05, 4.69) is 10.4 Å². The van der Waals surface area contributed by atoms with E-state index in [0.29, 0.717) is 0 Å². The maximum absolute atomic E-state index is 11.0. The fourth-order valence-corrected chi connectivity index (χ4v) is 3.38. The highest BCUT2D eigenvalue weighted by Gasteiger charge is 2.19. The van der Waals surface area contributed by atoms with Gasteiger partial charge in [-0.15, -0.1) is 0 Å². The molecule has 0 radical (unpaired) electrons. The second-order valence-electron chi connectivity index (χ2n) is 5.55. The van der Waals surface area contributed by atoms with Crippen LogP contribution in [0.4, 0.5) is 10.8 Å². The third-order valence-electron chi connectivity index (χ3n) is 3.70. The molecule has 6 nitrogen and oxygen atoms in total. The second-order valence-corrected chi connectivity index (χ2v) is 6.52. The first-order valence-corrected chi connectivity index (χ1v) is 8.42. The Kier molecular flexibility index (Phi) is 4.67. The van der Waals surface area contributed by atoms with Gasteiger partial charge in [0, 0.05) is 5.10 Å². The van der Waals surface area contributed by atoms with Gasteiger partial charge in [0.2, 0.25) is 0 Å². The summed E-state index contributed by atoms with van der Waals surface area (Å²) in [4.78, 5) is 11.0. The minimum atomic E-state index is -0.936. The van der Waals surface area contributed by atoms with Crippen LogP contribution in [0.1, 0.15) is 15.9 Å². The number of aromatic carboxylic acids is 1. The average Bonchev–Trinajstić information content (AvgIpc) is 2.95. The van der Waals surface area contributed by atoms with E-state index in [4.69, 9.17) is 9.84 Å². The fraction of sp³-hybridized carbons (Fsp3) is 0.167. The largest absolute Gasteiger partial charge is 0.495 e. The second kappa shape index (κ2) is 6.90. The van der Waals surface area contributed by atoms with Crippen LogP contribution >= 0.6 is 11.3 Å². The lowest BCUT2D eigenvalue weighted by Gasteiger charge is -2.08. The molecule has 0 saturated carbocycles. The Bertz CT molecular complexity index is 920. The number of rotatable bonds is 5. The number of benzene rings is 2. The Balaban J connectivity index is 1.90. The lowest BCUT2D eigenvalue weighted by Crippen LogP contribution is -2.31. The van der Waals surface area contributed by atoms with Crippen molar-refractivity contribution < 1.29 is 19.3 Å². The minimum absolute atomic E-state index is 0.263. The molecule has 3 aromatic rings. The maximum atomic E-state index is 11.0. The summed E-state index contributed by atoms with van der Waals surface area (Å²) >= 11 is 1.48. The molecule has 0 aliphatic carbocycles. The highest BCUT2D eigenvalue weighted by Crippen LogP contribution is 2.31. The summed E-state index contributed by atoms with van der Waals surface area (Å²) in [5, 5.41) is 18.4. The number of hydrogen-bond donors (Lipinski definition) is 2. The average molecular weight is 356 g/mol. The molecule has 2 aromatic carbocycles. The van der Waals surface area contributed by atoms with Crippen molar-refractivity contribution in [3.63, 3.8) is 0 Å². The minimum Gasteiger partial charge on any atom is -0.495 e. The van der Waals surface area contributed by atoms with Crippen LogP contribution in [-0.4, -0.2) is 23.3 Å². The number of carboxylic acid groups (broad SMARTS) is 1. The molecule has 0 fully saturated rings. The van der Waals surface area contributed by atoms with Gasteiger partial charge in [-0.1, -0.05) is 10.7 Å². The first-order chi connectivity index (χ1) is 12.0. The van der Waals surface area contributed by atoms with Crippen molar-refractivity contribution >= 4 is 28.1 Å². The summed E-state index contributed by atoms with van der Waals surface area (Å²) in [6.07, 6.45) is 0. The molecular weight excluding hydrogens is 338 g/mol. The van der Waals surface area contributed by atoms with Gasteiger partial charge in [0.1, 0.15) is 5.75 Å². The van der Waals surface area contributed by atoms with Crippen molar-refractivity contribution in [1.29, 1.82) is 0 Å². The fourth-order valence-electron chi connectivity index (χ4n) is 2.45. The highest BCUT2D eigenvalue weighted by atomic mass is 32.1. The molecule has 0 saturated heterocycles. The number of anilines is 2. The number of carbonyl (C=O) groups is 1. The van der Waals surface area contributed by atoms with E-state index in [0.717, 1.165) is 32.7 Å². The van der Waals surface area contributed by atoms with Crippen LogP contribution < -0.4 is 14.7 Å². The monoisotopic (exact) mass is 356 g/mol. The van der Waals surface area contributed by atoms with Crippen LogP contribution in [0.5, 0.6) is 5.75 Å². The molecular formula is C18H18N3O3S+. The van der Waals surface area contributed by atoms with Gasteiger partial charge >= 0.3 is 5.97 Å². The van der Waals surface area contributed by atoms with E-state index >= 15 is 0 Å². The summed E-state index contributed by atoms with van der Waals surface area (Å²) in [7, 11) is 3.49. The Labute approximate surface area is 149 Å². The molecule has 0 amide bonds. The van der Waals surface area contributed by atoms with Crippen molar-refractivity contribution in [2.75, 3.05) is 12.4 Å². The van der Waals surface area contributed by atoms with E-state index in [1.807, 2.05) is 32.2 Å².